The molecule has 1 amide bonds. The van der Waals surface area contributed by atoms with Crippen molar-refractivity contribution in [3.63, 3.8) is 0 Å². The van der Waals surface area contributed by atoms with Crippen LogP contribution in [0.3, 0.4) is 0 Å². The maximum Gasteiger partial charge on any atom is 0.260 e. The van der Waals surface area contributed by atoms with Crippen LogP contribution in [0.2, 0.25) is 0 Å². The summed E-state index contributed by atoms with van der Waals surface area (Å²) >= 11 is 0. The van der Waals surface area contributed by atoms with Gasteiger partial charge < -0.3 is 23.8 Å². The lowest BCUT2D eigenvalue weighted by Gasteiger charge is -2.19. The molecule has 0 aliphatic rings. The van der Waals surface area contributed by atoms with Crippen LogP contribution in [0.15, 0.2) is 72.8 Å². The lowest BCUT2D eigenvalue weighted by atomic mass is 10.2. The fourth-order valence-electron chi connectivity index (χ4n) is 2.95. The Kier molecular flexibility index (Phi) is 7.76. The van der Waals surface area contributed by atoms with E-state index in [1.807, 2.05) is 48.5 Å². The lowest BCUT2D eigenvalue weighted by Crippen LogP contribution is -2.30. The van der Waals surface area contributed by atoms with E-state index in [0.717, 1.165) is 16.9 Å². The van der Waals surface area contributed by atoms with Crippen LogP contribution in [0, 0.1) is 0 Å². The van der Waals surface area contributed by atoms with Gasteiger partial charge >= 0.3 is 0 Å². The molecule has 3 aromatic carbocycles. The molecule has 0 radical (unpaired) electrons. The Labute approximate surface area is 182 Å². The van der Waals surface area contributed by atoms with E-state index < -0.39 is 0 Å². The number of amides is 1. The Hall–Kier alpha value is -3.67. The summed E-state index contributed by atoms with van der Waals surface area (Å²) < 4.78 is 22.1. The number of hydrogen-bond donors (Lipinski definition) is 0. The first-order valence-electron chi connectivity index (χ1n) is 9.93. The zero-order valence-corrected chi connectivity index (χ0v) is 18.0. The van der Waals surface area contributed by atoms with Gasteiger partial charge in [0, 0.05) is 13.6 Å². The van der Waals surface area contributed by atoms with Crippen LogP contribution in [-0.4, -0.2) is 38.7 Å². The van der Waals surface area contributed by atoms with Crippen molar-refractivity contribution in [1.29, 1.82) is 0 Å². The second-order valence-corrected chi connectivity index (χ2v) is 6.97. The molecule has 0 aliphatic carbocycles. The highest BCUT2D eigenvalue weighted by atomic mass is 16.5. The van der Waals surface area contributed by atoms with Gasteiger partial charge in [0.1, 0.15) is 18.1 Å². The maximum atomic E-state index is 12.4. The fourth-order valence-corrected chi connectivity index (χ4v) is 2.95. The van der Waals surface area contributed by atoms with Gasteiger partial charge in [-0.2, -0.15) is 0 Å². The molecule has 0 saturated carbocycles. The minimum Gasteiger partial charge on any atom is -0.497 e. The first-order valence-corrected chi connectivity index (χ1v) is 9.93. The summed E-state index contributed by atoms with van der Waals surface area (Å²) in [7, 11) is 4.95. The standard InChI is InChI=1S/C25H27NO5/c1-26(25(27)18-30-22-12-10-21(28-2)11-13-22)16-20-9-14-23(24(15-20)29-3)31-17-19-7-5-4-6-8-19/h4-15H,16-18H2,1-3H3. The Balaban J connectivity index is 1.54. The number of rotatable bonds is 10. The fraction of sp³-hybridized carbons (Fsp3) is 0.240. The first-order chi connectivity index (χ1) is 15.1. The van der Waals surface area contributed by atoms with Crippen LogP contribution in [0.5, 0.6) is 23.0 Å². The van der Waals surface area contributed by atoms with E-state index in [-0.39, 0.29) is 12.5 Å². The number of carbonyl (C=O) groups excluding carboxylic acids is 1. The van der Waals surface area contributed by atoms with E-state index in [0.29, 0.717) is 30.4 Å². The zero-order valence-electron chi connectivity index (χ0n) is 18.0. The van der Waals surface area contributed by atoms with Gasteiger partial charge in [-0.15, -0.1) is 0 Å². The number of carbonyl (C=O) groups is 1. The molecule has 0 aromatic heterocycles. The van der Waals surface area contributed by atoms with Crippen molar-refractivity contribution in [2.24, 2.45) is 0 Å². The number of ether oxygens (including phenoxy) is 4. The average molecular weight is 421 g/mol. The second kappa shape index (κ2) is 10.9. The van der Waals surface area contributed by atoms with Crippen LogP contribution in [-0.2, 0) is 17.9 Å². The van der Waals surface area contributed by atoms with Crippen molar-refractivity contribution in [3.8, 4) is 23.0 Å². The molecule has 0 spiro atoms. The molecule has 0 saturated heterocycles. The van der Waals surface area contributed by atoms with Crippen molar-refractivity contribution in [2.45, 2.75) is 13.2 Å². The van der Waals surface area contributed by atoms with Gasteiger partial charge in [0.25, 0.3) is 5.91 Å². The molecule has 6 nitrogen and oxygen atoms in total. The highest BCUT2D eigenvalue weighted by molar-refractivity contribution is 5.77. The van der Waals surface area contributed by atoms with Crippen LogP contribution < -0.4 is 18.9 Å². The monoisotopic (exact) mass is 421 g/mol. The molecule has 162 valence electrons. The third-order valence-electron chi connectivity index (χ3n) is 4.73. The summed E-state index contributed by atoms with van der Waals surface area (Å²) in [6.45, 7) is 0.843. The van der Waals surface area contributed by atoms with Crippen molar-refractivity contribution in [1.82, 2.24) is 4.90 Å². The van der Waals surface area contributed by atoms with Gasteiger partial charge in [-0.1, -0.05) is 36.4 Å². The van der Waals surface area contributed by atoms with E-state index in [1.54, 1.807) is 50.4 Å². The smallest absolute Gasteiger partial charge is 0.260 e. The summed E-state index contributed by atoms with van der Waals surface area (Å²) in [6, 6.07) is 22.7. The Morgan fingerprint density at radius 2 is 1.48 bits per heavy atom. The van der Waals surface area contributed by atoms with Crippen LogP contribution >= 0.6 is 0 Å². The van der Waals surface area contributed by atoms with E-state index >= 15 is 0 Å². The van der Waals surface area contributed by atoms with E-state index in [1.165, 1.54) is 0 Å². The topological polar surface area (TPSA) is 57.2 Å². The van der Waals surface area contributed by atoms with Crippen LogP contribution in [0.25, 0.3) is 0 Å². The highest BCUT2D eigenvalue weighted by Gasteiger charge is 2.13. The molecule has 0 bridgehead atoms. The molecule has 0 fully saturated rings. The number of likely N-dealkylation sites (N-methyl/N-ethyl adjacent to an activating group) is 1. The second-order valence-electron chi connectivity index (χ2n) is 6.97. The zero-order chi connectivity index (χ0) is 22.1. The summed E-state index contributed by atoms with van der Waals surface area (Å²) in [5, 5.41) is 0. The number of nitrogens with zero attached hydrogens (tertiary/aromatic N) is 1. The Bertz CT molecular complexity index is 973. The van der Waals surface area contributed by atoms with Gasteiger partial charge in [-0.25, -0.2) is 0 Å². The lowest BCUT2D eigenvalue weighted by molar-refractivity contribution is -0.132. The Morgan fingerprint density at radius 1 is 0.774 bits per heavy atom. The predicted octanol–water partition coefficient (Wildman–Crippen LogP) is 4.32. The molecule has 0 heterocycles. The van der Waals surface area contributed by atoms with Gasteiger partial charge in [0.05, 0.1) is 14.2 Å². The van der Waals surface area contributed by atoms with E-state index in [4.69, 9.17) is 18.9 Å². The van der Waals surface area contributed by atoms with Gasteiger partial charge in [0.15, 0.2) is 18.1 Å². The average Bonchev–Trinajstić information content (AvgIpc) is 2.82. The third-order valence-corrected chi connectivity index (χ3v) is 4.73. The van der Waals surface area contributed by atoms with Crippen molar-refractivity contribution in [2.75, 3.05) is 27.9 Å². The van der Waals surface area contributed by atoms with Gasteiger partial charge in [0.2, 0.25) is 0 Å². The SMILES string of the molecule is COc1ccc(OCC(=O)N(C)Cc2ccc(OCc3ccccc3)c(OC)c2)cc1. The molecule has 0 unspecified atom stereocenters. The number of hydrogen-bond acceptors (Lipinski definition) is 5. The molecule has 31 heavy (non-hydrogen) atoms. The summed E-state index contributed by atoms with van der Waals surface area (Å²) in [5.41, 5.74) is 2.01. The minimum absolute atomic E-state index is 0.0434. The molecular weight excluding hydrogens is 394 g/mol. The molecule has 3 rings (SSSR count). The van der Waals surface area contributed by atoms with Gasteiger partial charge in [-0.05, 0) is 47.5 Å². The Morgan fingerprint density at radius 3 is 2.16 bits per heavy atom. The van der Waals surface area contributed by atoms with Crippen molar-refractivity contribution >= 4 is 5.91 Å². The molecule has 0 N–H and O–H groups in total. The summed E-state index contributed by atoms with van der Waals surface area (Å²) in [6.07, 6.45) is 0. The first kappa shape index (κ1) is 22.0. The molecule has 0 aliphatic heterocycles. The summed E-state index contributed by atoms with van der Waals surface area (Å²) in [4.78, 5) is 14.1. The summed E-state index contributed by atoms with van der Waals surface area (Å²) in [5.74, 6) is 2.51. The van der Waals surface area contributed by atoms with Crippen LogP contribution in [0.4, 0.5) is 0 Å². The normalized spacial score (nSPS) is 10.3. The van der Waals surface area contributed by atoms with E-state index in [9.17, 15) is 4.79 Å². The molecule has 0 atom stereocenters. The van der Waals surface area contributed by atoms with Crippen LogP contribution in [0.1, 0.15) is 11.1 Å². The maximum absolute atomic E-state index is 12.4. The highest BCUT2D eigenvalue weighted by Crippen LogP contribution is 2.29. The number of benzene rings is 3. The van der Waals surface area contributed by atoms with Crippen molar-refractivity contribution < 1.29 is 23.7 Å². The predicted molar refractivity (Wildman–Crippen MR) is 119 cm³/mol. The molecule has 3 aromatic rings. The van der Waals surface area contributed by atoms with Gasteiger partial charge in [-0.3, -0.25) is 4.79 Å². The molecular formula is C25H27NO5. The third kappa shape index (κ3) is 6.40. The largest absolute Gasteiger partial charge is 0.497 e. The quantitative estimate of drug-likeness (QED) is 0.488. The van der Waals surface area contributed by atoms with Crippen molar-refractivity contribution in [3.05, 3.63) is 83.9 Å². The minimum atomic E-state index is -0.126. The number of methoxy groups -OCH3 is 2. The van der Waals surface area contributed by atoms with E-state index in [2.05, 4.69) is 0 Å². The molecule has 6 heteroatoms.